The summed E-state index contributed by atoms with van der Waals surface area (Å²) in [4.78, 5) is 11.4. The number of halogens is 2. The molecule has 0 aliphatic rings. The van der Waals surface area contributed by atoms with Gasteiger partial charge < -0.3 is 4.74 Å². The largest absolute Gasteiger partial charge is 0.465 e. The van der Waals surface area contributed by atoms with Gasteiger partial charge in [-0.15, -0.1) is 0 Å². The van der Waals surface area contributed by atoms with Crippen LogP contribution in [0.3, 0.4) is 0 Å². The molecule has 0 aromatic heterocycles. The fourth-order valence-corrected chi connectivity index (χ4v) is 4.73. The number of rotatable bonds is 9. The van der Waals surface area contributed by atoms with Crippen LogP contribution in [0.2, 0.25) is 0 Å². The fourth-order valence-electron chi connectivity index (χ4n) is 2.02. The van der Waals surface area contributed by atoms with Crippen molar-refractivity contribution in [2.45, 2.75) is 19.8 Å². The SMILES string of the molecule is CCCS(=O)(=O)CCCS(=O)(=O)Nc1cc(F)cc(C(=O)OC)c1F. The van der Waals surface area contributed by atoms with Gasteiger partial charge in [0.15, 0.2) is 5.82 Å². The molecule has 0 unspecified atom stereocenters. The highest BCUT2D eigenvalue weighted by atomic mass is 32.2. The van der Waals surface area contributed by atoms with E-state index >= 15 is 0 Å². The number of nitrogens with one attached hydrogen (secondary N) is 1. The van der Waals surface area contributed by atoms with Crippen molar-refractivity contribution in [2.24, 2.45) is 0 Å². The zero-order valence-corrected chi connectivity index (χ0v) is 15.3. The first-order chi connectivity index (χ1) is 11.5. The van der Waals surface area contributed by atoms with Gasteiger partial charge in [-0.25, -0.2) is 30.4 Å². The number of benzene rings is 1. The zero-order valence-electron chi connectivity index (χ0n) is 13.7. The number of esters is 1. The van der Waals surface area contributed by atoms with Gasteiger partial charge in [0.05, 0.1) is 24.3 Å². The lowest BCUT2D eigenvalue weighted by molar-refractivity contribution is 0.0595. The summed E-state index contributed by atoms with van der Waals surface area (Å²) in [6, 6.07) is 1.16. The maximum absolute atomic E-state index is 14.1. The zero-order chi connectivity index (χ0) is 19.3. The van der Waals surface area contributed by atoms with E-state index in [1.54, 1.807) is 6.92 Å². The predicted octanol–water partition coefficient (Wildman–Crippen LogP) is 1.71. The van der Waals surface area contributed by atoms with E-state index in [0.717, 1.165) is 7.11 Å². The molecule has 1 aromatic carbocycles. The number of hydrogen-bond acceptors (Lipinski definition) is 6. The van der Waals surface area contributed by atoms with Gasteiger partial charge >= 0.3 is 5.97 Å². The molecule has 0 bridgehead atoms. The Morgan fingerprint density at radius 2 is 1.76 bits per heavy atom. The van der Waals surface area contributed by atoms with E-state index in [9.17, 15) is 30.4 Å². The molecule has 0 atom stereocenters. The predicted molar refractivity (Wildman–Crippen MR) is 88.7 cm³/mol. The second kappa shape index (κ2) is 8.56. The Kier molecular flexibility index (Phi) is 7.29. The van der Waals surface area contributed by atoms with Gasteiger partial charge in [-0.2, -0.15) is 0 Å². The van der Waals surface area contributed by atoms with Crippen molar-refractivity contribution in [1.29, 1.82) is 0 Å². The lowest BCUT2D eigenvalue weighted by Gasteiger charge is -2.11. The van der Waals surface area contributed by atoms with Gasteiger partial charge in [-0.05, 0) is 18.9 Å². The molecule has 0 heterocycles. The highest BCUT2D eigenvalue weighted by Crippen LogP contribution is 2.22. The van der Waals surface area contributed by atoms with E-state index in [0.29, 0.717) is 18.6 Å². The van der Waals surface area contributed by atoms with E-state index in [-0.39, 0.29) is 17.9 Å². The Balaban J connectivity index is 2.90. The first-order valence-electron chi connectivity index (χ1n) is 7.29. The van der Waals surface area contributed by atoms with Crippen LogP contribution in [0, 0.1) is 11.6 Å². The standard InChI is InChI=1S/C14H19F2NO6S2/c1-3-5-24(19,20)6-4-7-25(21,22)17-12-9-10(15)8-11(13(12)16)14(18)23-2/h8-9,17H,3-7H2,1-2H3. The summed E-state index contributed by atoms with van der Waals surface area (Å²) < 4.78 is 80.7. The Labute approximate surface area is 145 Å². The average molecular weight is 399 g/mol. The van der Waals surface area contributed by atoms with Crippen molar-refractivity contribution in [1.82, 2.24) is 0 Å². The molecule has 0 saturated carbocycles. The lowest BCUT2D eigenvalue weighted by Crippen LogP contribution is -2.21. The van der Waals surface area contributed by atoms with Crippen molar-refractivity contribution in [3.63, 3.8) is 0 Å². The molecular formula is C14H19F2NO6S2. The number of sulfone groups is 1. The Morgan fingerprint density at radius 1 is 1.12 bits per heavy atom. The number of carbonyl (C=O) groups excluding carboxylic acids is 1. The minimum atomic E-state index is -4.13. The maximum Gasteiger partial charge on any atom is 0.341 e. The number of sulfonamides is 1. The van der Waals surface area contributed by atoms with Crippen LogP contribution >= 0.6 is 0 Å². The number of methoxy groups -OCH3 is 1. The average Bonchev–Trinajstić information content (AvgIpc) is 2.48. The second-order valence-electron chi connectivity index (χ2n) is 5.23. The van der Waals surface area contributed by atoms with Gasteiger partial charge in [0, 0.05) is 11.8 Å². The van der Waals surface area contributed by atoms with Crippen molar-refractivity contribution in [2.75, 3.05) is 29.1 Å². The van der Waals surface area contributed by atoms with Crippen LogP contribution in [0.15, 0.2) is 12.1 Å². The summed E-state index contributed by atoms with van der Waals surface area (Å²) in [5, 5.41) is 0. The molecule has 0 aliphatic carbocycles. The molecule has 0 saturated heterocycles. The summed E-state index contributed by atoms with van der Waals surface area (Å²) in [5.74, 6) is -4.47. The molecule has 25 heavy (non-hydrogen) atoms. The van der Waals surface area contributed by atoms with Crippen molar-refractivity contribution < 1.29 is 35.1 Å². The number of anilines is 1. The third-order valence-electron chi connectivity index (χ3n) is 3.09. The van der Waals surface area contributed by atoms with Gasteiger partial charge in [0.2, 0.25) is 10.0 Å². The highest BCUT2D eigenvalue weighted by molar-refractivity contribution is 7.93. The van der Waals surface area contributed by atoms with E-state index in [2.05, 4.69) is 4.74 Å². The van der Waals surface area contributed by atoms with Crippen LogP contribution in [0.5, 0.6) is 0 Å². The molecule has 7 nitrogen and oxygen atoms in total. The molecule has 11 heteroatoms. The van der Waals surface area contributed by atoms with Crippen LogP contribution < -0.4 is 4.72 Å². The van der Waals surface area contributed by atoms with Crippen molar-refractivity contribution in [3.05, 3.63) is 29.3 Å². The third kappa shape index (κ3) is 6.58. The Hall–Kier alpha value is -1.75. The minimum Gasteiger partial charge on any atom is -0.465 e. The molecule has 1 aromatic rings. The van der Waals surface area contributed by atoms with Crippen LogP contribution in [0.25, 0.3) is 0 Å². The van der Waals surface area contributed by atoms with Gasteiger partial charge in [-0.3, -0.25) is 4.72 Å². The third-order valence-corrected chi connectivity index (χ3v) is 6.39. The normalized spacial score (nSPS) is 12.0. The monoisotopic (exact) mass is 399 g/mol. The van der Waals surface area contributed by atoms with E-state index in [1.807, 2.05) is 4.72 Å². The molecule has 1 N–H and O–H groups in total. The van der Waals surface area contributed by atoms with Crippen LogP contribution in [-0.4, -0.2) is 47.2 Å². The Bertz CT molecular complexity index is 837. The highest BCUT2D eigenvalue weighted by Gasteiger charge is 2.21. The van der Waals surface area contributed by atoms with Crippen molar-refractivity contribution >= 4 is 31.5 Å². The minimum absolute atomic E-state index is 0.0541. The molecule has 0 radical (unpaired) electrons. The smallest absolute Gasteiger partial charge is 0.341 e. The van der Waals surface area contributed by atoms with Gasteiger partial charge in [0.1, 0.15) is 21.2 Å². The molecule has 0 amide bonds. The quantitative estimate of drug-likeness (QED) is 0.634. The molecule has 1 rings (SSSR count). The number of hydrogen-bond donors (Lipinski definition) is 1. The molecule has 142 valence electrons. The summed E-state index contributed by atoms with van der Waals surface area (Å²) in [5.41, 5.74) is -1.51. The van der Waals surface area contributed by atoms with Crippen LogP contribution in [0.1, 0.15) is 30.1 Å². The number of ether oxygens (including phenoxy) is 1. The van der Waals surface area contributed by atoms with E-state index < -0.39 is 54.5 Å². The van der Waals surface area contributed by atoms with Crippen LogP contribution in [-0.2, 0) is 24.6 Å². The number of carbonyl (C=O) groups is 1. The Morgan fingerprint density at radius 3 is 2.32 bits per heavy atom. The molecule has 0 aliphatic heterocycles. The lowest BCUT2D eigenvalue weighted by atomic mass is 10.2. The summed E-state index contributed by atoms with van der Waals surface area (Å²) in [6.45, 7) is 1.68. The van der Waals surface area contributed by atoms with Gasteiger partial charge in [0.25, 0.3) is 0 Å². The second-order valence-corrected chi connectivity index (χ2v) is 9.38. The molecule has 0 fully saturated rings. The first kappa shape index (κ1) is 21.3. The summed E-state index contributed by atoms with van der Waals surface area (Å²) in [7, 11) is -6.52. The van der Waals surface area contributed by atoms with E-state index in [1.165, 1.54) is 0 Å². The summed E-state index contributed by atoms with van der Waals surface area (Å²) in [6.07, 6.45) is 0.219. The molecule has 0 spiro atoms. The molecular weight excluding hydrogens is 380 g/mol. The van der Waals surface area contributed by atoms with Crippen molar-refractivity contribution in [3.8, 4) is 0 Å². The summed E-state index contributed by atoms with van der Waals surface area (Å²) >= 11 is 0. The first-order valence-corrected chi connectivity index (χ1v) is 10.8. The van der Waals surface area contributed by atoms with Gasteiger partial charge in [-0.1, -0.05) is 6.92 Å². The van der Waals surface area contributed by atoms with Crippen LogP contribution in [0.4, 0.5) is 14.5 Å². The van der Waals surface area contributed by atoms with E-state index in [4.69, 9.17) is 0 Å². The topological polar surface area (TPSA) is 107 Å². The maximum atomic E-state index is 14.1. The fraction of sp³-hybridized carbons (Fsp3) is 0.500.